The molecule has 1 aliphatic rings. The molecule has 0 fully saturated rings. The topological polar surface area (TPSA) is 80.5 Å². The third kappa shape index (κ3) is 4.28. The van der Waals surface area contributed by atoms with Gasteiger partial charge < -0.3 is 14.6 Å². The average molecular weight is 467 g/mol. The van der Waals surface area contributed by atoms with Gasteiger partial charge in [0.1, 0.15) is 5.75 Å². The van der Waals surface area contributed by atoms with Gasteiger partial charge in [-0.25, -0.2) is 4.79 Å². The van der Waals surface area contributed by atoms with E-state index in [1.807, 2.05) is 93.6 Å². The molecule has 7 heteroatoms. The lowest BCUT2D eigenvalue weighted by Crippen LogP contribution is -2.46. The van der Waals surface area contributed by atoms with E-state index in [1.54, 1.807) is 12.0 Å². The minimum Gasteiger partial charge on any atom is -0.497 e. The first-order valence-electron chi connectivity index (χ1n) is 11.4. The molecule has 1 atom stereocenters. The molecule has 0 saturated heterocycles. The Morgan fingerprint density at radius 3 is 2.37 bits per heavy atom. The molecule has 0 spiro atoms. The number of ether oxygens (including phenoxy) is 1. The van der Waals surface area contributed by atoms with Crippen molar-refractivity contribution in [3.05, 3.63) is 101 Å². The highest BCUT2D eigenvalue weighted by Crippen LogP contribution is 2.39. The first-order valence-corrected chi connectivity index (χ1v) is 11.4. The molecule has 1 unspecified atom stereocenters. The van der Waals surface area contributed by atoms with E-state index in [0.717, 1.165) is 27.8 Å². The van der Waals surface area contributed by atoms with Crippen LogP contribution in [0.5, 0.6) is 5.75 Å². The summed E-state index contributed by atoms with van der Waals surface area (Å²) in [5, 5.41) is 7.39. The van der Waals surface area contributed by atoms with Crippen molar-refractivity contribution in [1.29, 1.82) is 0 Å². The summed E-state index contributed by atoms with van der Waals surface area (Å²) in [4.78, 5) is 19.7. The molecule has 2 heterocycles. The van der Waals surface area contributed by atoms with Gasteiger partial charge in [0.25, 0.3) is 5.89 Å². The molecule has 0 aliphatic carbocycles. The van der Waals surface area contributed by atoms with Crippen LogP contribution in [0.1, 0.15) is 35.5 Å². The van der Waals surface area contributed by atoms with Crippen LogP contribution < -0.4 is 15.0 Å². The fourth-order valence-electron chi connectivity index (χ4n) is 4.31. The Hall–Kier alpha value is -4.39. The van der Waals surface area contributed by atoms with Crippen LogP contribution in [0.25, 0.3) is 17.0 Å². The maximum absolute atomic E-state index is 13.3. The van der Waals surface area contributed by atoms with Crippen LogP contribution in [0, 0.1) is 13.8 Å². The Kier molecular flexibility index (Phi) is 5.82. The molecule has 0 radical (unpaired) electrons. The molecular weight excluding hydrogens is 440 g/mol. The second kappa shape index (κ2) is 9.10. The van der Waals surface area contributed by atoms with Gasteiger partial charge in [-0.1, -0.05) is 58.7 Å². The van der Waals surface area contributed by atoms with E-state index >= 15 is 0 Å². The zero-order valence-corrected chi connectivity index (χ0v) is 20.1. The second-order valence-electron chi connectivity index (χ2n) is 8.62. The predicted molar refractivity (Wildman–Crippen MR) is 135 cm³/mol. The molecule has 3 aromatic carbocycles. The third-order valence-electron chi connectivity index (χ3n) is 6.16. The molecule has 2 amide bonds. The van der Waals surface area contributed by atoms with Crippen LogP contribution in [0.15, 0.2) is 83.0 Å². The number of hydrogen-bond acceptors (Lipinski definition) is 5. The van der Waals surface area contributed by atoms with Gasteiger partial charge in [-0.3, -0.25) is 4.90 Å². The van der Waals surface area contributed by atoms with Crippen LogP contribution in [-0.2, 0) is 0 Å². The lowest BCUT2D eigenvalue weighted by molar-refractivity contribution is 0.244. The fourth-order valence-corrected chi connectivity index (χ4v) is 4.31. The number of anilines is 1. The zero-order valence-electron chi connectivity index (χ0n) is 20.1. The highest BCUT2D eigenvalue weighted by atomic mass is 16.5. The third-order valence-corrected chi connectivity index (χ3v) is 6.16. The van der Waals surface area contributed by atoms with Crippen molar-refractivity contribution in [3.63, 3.8) is 0 Å². The summed E-state index contributed by atoms with van der Waals surface area (Å²) in [7, 11) is 1.61. The number of hydrogen-bond donors (Lipinski definition) is 1. The van der Waals surface area contributed by atoms with E-state index in [-0.39, 0.29) is 6.03 Å². The van der Waals surface area contributed by atoms with Crippen LogP contribution in [0.2, 0.25) is 0 Å². The summed E-state index contributed by atoms with van der Waals surface area (Å²) in [6, 6.07) is 22.7. The molecule has 7 nitrogen and oxygen atoms in total. The van der Waals surface area contributed by atoms with Crippen molar-refractivity contribution in [2.75, 3.05) is 12.0 Å². The molecule has 5 rings (SSSR count). The predicted octanol–water partition coefficient (Wildman–Crippen LogP) is 6.06. The number of nitrogens with one attached hydrogen (secondary N) is 1. The SMILES string of the molecule is COc1ccc(N2C(=O)NC(c3ccc(C)cc3)C(c3nc(-c4cccc(C)c4)no3)=C2C)cc1. The van der Waals surface area contributed by atoms with Crippen molar-refractivity contribution >= 4 is 17.3 Å². The number of urea groups is 1. The lowest BCUT2D eigenvalue weighted by Gasteiger charge is -2.35. The van der Waals surface area contributed by atoms with Gasteiger partial charge in [0.05, 0.1) is 24.4 Å². The number of benzene rings is 3. The van der Waals surface area contributed by atoms with Gasteiger partial charge in [-0.2, -0.15) is 4.98 Å². The summed E-state index contributed by atoms with van der Waals surface area (Å²) in [6.07, 6.45) is 0. The number of carbonyl (C=O) groups is 1. The molecule has 1 aromatic heterocycles. The number of aromatic nitrogens is 2. The Morgan fingerprint density at radius 1 is 0.943 bits per heavy atom. The first kappa shape index (κ1) is 22.4. The molecule has 0 bridgehead atoms. The number of nitrogens with zero attached hydrogens (tertiary/aromatic N) is 3. The van der Waals surface area contributed by atoms with Crippen LogP contribution in [0.4, 0.5) is 10.5 Å². The Labute approximate surface area is 204 Å². The van der Waals surface area contributed by atoms with E-state index in [2.05, 4.69) is 10.5 Å². The average Bonchev–Trinajstić information content (AvgIpc) is 3.34. The molecule has 1 aliphatic heterocycles. The van der Waals surface area contributed by atoms with Gasteiger partial charge in [0, 0.05) is 11.3 Å². The van der Waals surface area contributed by atoms with Crippen LogP contribution in [0.3, 0.4) is 0 Å². The van der Waals surface area contributed by atoms with Gasteiger partial charge in [0.2, 0.25) is 5.82 Å². The molecule has 4 aromatic rings. The molecule has 35 heavy (non-hydrogen) atoms. The number of carbonyl (C=O) groups excluding carboxylic acids is 1. The summed E-state index contributed by atoms with van der Waals surface area (Å²) in [6.45, 7) is 5.95. The summed E-state index contributed by atoms with van der Waals surface area (Å²) in [5.41, 5.74) is 6.22. The summed E-state index contributed by atoms with van der Waals surface area (Å²) >= 11 is 0. The molecule has 0 saturated carbocycles. The van der Waals surface area contributed by atoms with Crippen LogP contribution >= 0.6 is 0 Å². The molecule has 176 valence electrons. The lowest BCUT2D eigenvalue weighted by atomic mass is 9.94. The van der Waals surface area contributed by atoms with Gasteiger partial charge in [0.15, 0.2) is 0 Å². The quantitative estimate of drug-likeness (QED) is 0.386. The number of aryl methyl sites for hydroxylation is 2. The van der Waals surface area contributed by atoms with Gasteiger partial charge in [-0.15, -0.1) is 0 Å². The van der Waals surface area contributed by atoms with E-state index in [9.17, 15) is 4.79 Å². The summed E-state index contributed by atoms with van der Waals surface area (Å²) in [5.74, 6) is 1.58. The standard InChI is InChI=1S/C28H26N4O3/c1-17-8-10-20(11-9-17)25-24(27-30-26(31-35-27)21-7-5-6-18(2)16-21)19(3)32(28(33)29-25)22-12-14-23(34-4)15-13-22/h5-16,25H,1-4H3,(H,29,33). The maximum Gasteiger partial charge on any atom is 0.326 e. The second-order valence-corrected chi connectivity index (χ2v) is 8.62. The maximum atomic E-state index is 13.3. The molecule has 1 N–H and O–H groups in total. The fraction of sp³-hybridized carbons (Fsp3) is 0.179. The highest BCUT2D eigenvalue weighted by molar-refractivity contribution is 6.01. The Morgan fingerprint density at radius 2 is 1.69 bits per heavy atom. The van der Waals surface area contributed by atoms with Crippen molar-refractivity contribution in [1.82, 2.24) is 15.5 Å². The van der Waals surface area contributed by atoms with E-state index in [0.29, 0.717) is 28.8 Å². The number of methoxy groups -OCH3 is 1. The largest absolute Gasteiger partial charge is 0.497 e. The minimum atomic E-state index is -0.441. The smallest absolute Gasteiger partial charge is 0.326 e. The van der Waals surface area contributed by atoms with Gasteiger partial charge >= 0.3 is 6.03 Å². The Balaban J connectivity index is 1.64. The number of rotatable bonds is 5. The Bertz CT molecular complexity index is 1400. The number of allylic oxidation sites excluding steroid dienone is 1. The van der Waals surface area contributed by atoms with Crippen LogP contribution in [-0.4, -0.2) is 23.3 Å². The van der Waals surface area contributed by atoms with E-state index < -0.39 is 6.04 Å². The van der Waals surface area contributed by atoms with Gasteiger partial charge in [-0.05, 0) is 56.7 Å². The number of amides is 2. The van der Waals surface area contributed by atoms with Crippen molar-refractivity contribution in [2.24, 2.45) is 0 Å². The van der Waals surface area contributed by atoms with Crippen molar-refractivity contribution < 1.29 is 14.1 Å². The van der Waals surface area contributed by atoms with Crippen molar-refractivity contribution in [3.8, 4) is 17.1 Å². The van der Waals surface area contributed by atoms with E-state index in [4.69, 9.17) is 14.2 Å². The van der Waals surface area contributed by atoms with Crippen molar-refractivity contribution in [2.45, 2.75) is 26.8 Å². The monoisotopic (exact) mass is 466 g/mol. The minimum absolute atomic E-state index is 0.236. The first-order chi connectivity index (χ1) is 16.9. The molecular formula is C28H26N4O3. The van der Waals surface area contributed by atoms with E-state index in [1.165, 1.54) is 0 Å². The summed E-state index contributed by atoms with van der Waals surface area (Å²) < 4.78 is 11.1. The zero-order chi connectivity index (χ0) is 24.5. The highest BCUT2D eigenvalue weighted by Gasteiger charge is 2.36. The normalized spacial score (nSPS) is 15.8.